The molecular weight excluding hydrogens is 447 g/mol. The van der Waals surface area contributed by atoms with Gasteiger partial charge in [0, 0.05) is 13.2 Å². The van der Waals surface area contributed by atoms with Crippen molar-refractivity contribution in [3.05, 3.63) is 0 Å². The monoisotopic (exact) mass is 504 g/mol. The van der Waals surface area contributed by atoms with Crippen LogP contribution in [0.2, 0.25) is 0 Å². The van der Waals surface area contributed by atoms with Crippen LogP contribution in [0.3, 0.4) is 0 Å². The van der Waals surface area contributed by atoms with E-state index in [1.54, 1.807) is 0 Å². The van der Waals surface area contributed by atoms with Gasteiger partial charge in [0.15, 0.2) is 0 Å². The molecule has 0 rings (SSSR count). The summed E-state index contributed by atoms with van der Waals surface area (Å²) in [6, 6.07) is 0. The second kappa shape index (κ2) is 32.8. The molecule has 0 aromatic carbocycles. The van der Waals surface area contributed by atoms with Gasteiger partial charge in [-0.1, -0.05) is 142 Å². The van der Waals surface area contributed by atoms with E-state index >= 15 is 0 Å². The third-order valence-corrected chi connectivity index (χ3v) is 5.78. The number of hydrogen-bond donors (Lipinski definition) is 2. The molecule has 0 saturated carbocycles. The van der Waals surface area contributed by atoms with Crippen molar-refractivity contribution < 1.29 is 53.2 Å². The zero-order valence-electron chi connectivity index (χ0n) is 23.5. The van der Waals surface area contributed by atoms with Crippen molar-refractivity contribution in [2.24, 2.45) is 0 Å². The number of rotatable bonds is 24. The molecule has 0 aromatic heterocycles. The van der Waals surface area contributed by atoms with Gasteiger partial charge in [0.05, 0.1) is 0 Å². The first-order valence-corrected chi connectivity index (χ1v) is 15.1. The molecule has 0 saturated heterocycles. The quantitative estimate of drug-likeness (QED) is 0.0944. The molecule has 198 valence electrons. The van der Waals surface area contributed by atoms with Crippen molar-refractivity contribution in [1.82, 2.24) is 0 Å². The average molecular weight is 505 g/mol. The van der Waals surface area contributed by atoms with Gasteiger partial charge in [0.2, 0.25) is 0 Å². The van der Waals surface area contributed by atoms with Gasteiger partial charge in [-0.25, -0.2) is 0 Å². The van der Waals surface area contributed by atoms with Crippen LogP contribution < -0.4 is 29.6 Å². The molecule has 0 spiro atoms. The van der Waals surface area contributed by atoms with Crippen LogP contribution in [-0.4, -0.2) is 30.7 Å². The second-order valence-electron chi connectivity index (χ2n) is 9.13. The van der Waals surface area contributed by atoms with Crippen LogP contribution in [0, 0.1) is 0 Å². The van der Waals surface area contributed by atoms with Crippen molar-refractivity contribution in [1.29, 1.82) is 0 Å². The van der Waals surface area contributed by atoms with Crippen LogP contribution in [0.5, 0.6) is 0 Å². The number of unbranched alkanes of at least 4 members (excludes halogenated alkanes) is 20. The molecule has 2 N–H and O–H groups in total. The van der Waals surface area contributed by atoms with Crippen molar-refractivity contribution in [3.63, 3.8) is 0 Å². The van der Waals surface area contributed by atoms with Gasteiger partial charge in [-0.15, -0.1) is 0 Å². The Kier molecular flexibility index (Phi) is 38.2. The van der Waals surface area contributed by atoms with Crippen LogP contribution in [0.1, 0.15) is 157 Å². The molecule has 0 aliphatic rings. The van der Waals surface area contributed by atoms with Crippen LogP contribution >= 0.6 is 0 Å². The summed E-state index contributed by atoms with van der Waals surface area (Å²) in [6.07, 6.45) is 31.1. The van der Waals surface area contributed by atoms with E-state index in [4.69, 9.17) is 22.3 Å². The summed E-state index contributed by atoms with van der Waals surface area (Å²) >= 11 is 0. The van der Waals surface area contributed by atoms with E-state index in [0.717, 1.165) is 13.2 Å². The Bertz CT molecular complexity index is 407. The molecule has 0 aliphatic carbocycles. The van der Waals surface area contributed by atoms with E-state index in [1.165, 1.54) is 141 Å². The normalized spacial score (nSPS) is 11.0. The molecule has 0 unspecified atom stereocenters. The van der Waals surface area contributed by atoms with Gasteiger partial charge in [0.1, 0.15) is 0 Å². The summed E-state index contributed by atoms with van der Waals surface area (Å²) in [7, 11) is -4.67. The smallest absolute Gasteiger partial charge is 1.00 e. The first-order chi connectivity index (χ1) is 15.4. The summed E-state index contributed by atoms with van der Waals surface area (Å²) in [6.45, 7) is 6.58. The van der Waals surface area contributed by atoms with Crippen LogP contribution in [-0.2, 0) is 15.1 Å². The molecular formula is C26H57NaO5S. The average Bonchev–Trinajstić information content (AvgIpc) is 2.73. The molecule has 0 heterocycles. The molecule has 0 amide bonds. The molecule has 0 aromatic rings. The second-order valence-corrected chi connectivity index (χ2v) is 10.0. The Morgan fingerprint density at radius 2 is 0.667 bits per heavy atom. The van der Waals surface area contributed by atoms with E-state index in [2.05, 4.69) is 13.8 Å². The molecule has 7 heteroatoms. The first-order valence-electron chi connectivity index (χ1n) is 13.7. The third-order valence-electron chi connectivity index (χ3n) is 5.78. The van der Waals surface area contributed by atoms with E-state index in [1.807, 2.05) is 0 Å². The van der Waals surface area contributed by atoms with Gasteiger partial charge < -0.3 is 6.16 Å². The fraction of sp³-hybridized carbons (Fsp3) is 1.00. The summed E-state index contributed by atoms with van der Waals surface area (Å²) in [5, 5.41) is 0. The Balaban J connectivity index is -0.000000578. The van der Waals surface area contributed by atoms with Gasteiger partial charge in [-0.05, 0) is 12.8 Å². The Labute approximate surface area is 231 Å². The molecule has 33 heavy (non-hydrogen) atoms. The maximum absolute atomic E-state index is 8.74. The van der Waals surface area contributed by atoms with Crippen LogP contribution in [0.15, 0.2) is 0 Å². The molecule has 0 radical (unpaired) electrons. The fourth-order valence-electron chi connectivity index (χ4n) is 3.84. The minimum Gasteiger partial charge on any atom is -1.00 e. The van der Waals surface area contributed by atoms with E-state index < -0.39 is 10.4 Å². The minimum atomic E-state index is -4.67. The summed E-state index contributed by atoms with van der Waals surface area (Å²) < 4.78 is 37.4. The maximum Gasteiger partial charge on any atom is 1.00 e. The molecule has 0 aliphatic heterocycles. The van der Waals surface area contributed by atoms with Crippen molar-refractivity contribution in [3.8, 4) is 0 Å². The van der Waals surface area contributed by atoms with Crippen molar-refractivity contribution in [2.45, 2.75) is 155 Å². The standard InChI is InChI=1S/C26H54O.Na.H2O4S.H/c1-3-5-7-9-11-13-15-16-18-20-22-24-26-27-25-23-21-19-17-14-12-10-8-6-4-2;;1-5(2,3)4;/h3-26H2,1-2H3;;(H2,1,2,3,4);/q;+1;;-1. The zero-order valence-corrected chi connectivity index (χ0v) is 25.3. The van der Waals surface area contributed by atoms with Crippen LogP contribution in [0.25, 0.3) is 0 Å². The minimum absolute atomic E-state index is 0. The van der Waals surface area contributed by atoms with Crippen molar-refractivity contribution >= 4 is 10.4 Å². The van der Waals surface area contributed by atoms with Crippen molar-refractivity contribution in [2.75, 3.05) is 13.2 Å². The molecule has 0 fully saturated rings. The first kappa shape index (κ1) is 38.4. The summed E-state index contributed by atoms with van der Waals surface area (Å²) in [5.41, 5.74) is 0. The third kappa shape index (κ3) is 50.6. The fourth-order valence-corrected chi connectivity index (χ4v) is 3.84. The zero-order chi connectivity index (χ0) is 24.2. The Hall–Kier alpha value is 0.830. The van der Waals surface area contributed by atoms with E-state index in [0.29, 0.717) is 0 Å². The van der Waals surface area contributed by atoms with Gasteiger partial charge in [-0.2, -0.15) is 8.42 Å². The van der Waals surface area contributed by atoms with E-state index in [-0.39, 0.29) is 31.0 Å². The number of hydrogen-bond acceptors (Lipinski definition) is 3. The summed E-state index contributed by atoms with van der Waals surface area (Å²) in [4.78, 5) is 0. The predicted octanol–water partition coefficient (Wildman–Crippen LogP) is 6.09. The SMILES string of the molecule is CCCCCCCCCCCCCCOCCCCCCCCCCCC.O=S(=O)(O)O.[H-].[Na+]. The van der Waals surface area contributed by atoms with Gasteiger partial charge >= 0.3 is 40.0 Å². The van der Waals surface area contributed by atoms with Gasteiger partial charge in [0.25, 0.3) is 0 Å². The maximum atomic E-state index is 8.74. The predicted molar refractivity (Wildman–Crippen MR) is 139 cm³/mol. The molecule has 0 atom stereocenters. The Morgan fingerprint density at radius 1 is 0.485 bits per heavy atom. The molecule has 0 bridgehead atoms. The Morgan fingerprint density at radius 3 is 0.879 bits per heavy atom. The van der Waals surface area contributed by atoms with E-state index in [9.17, 15) is 0 Å². The summed E-state index contributed by atoms with van der Waals surface area (Å²) in [5.74, 6) is 0. The van der Waals surface area contributed by atoms with Crippen LogP contribution in [0.4, 0.5) is 0 Å². The van der Waals surface area contributed by atoms with Gasteiger partial charge in [-0.3, -0.25) is 9.11 Å². The molecule has 5 nitrogen and oxygen atoms in total. The number of ether oxygens (including phenoxy) is 1. The topological polar surface area (TPSA) is 83.8 Å². The largest absolute Gasteiger partial charge is 1.00 e.